The Hall–Kier alpha value is -4.14. The highest BCUT2D eigenvalue weighted by Gasteiger charge is 2.28. The van der Waals surface area contributed by atoms with Gasteiger partial charge in [-0.3, -0.25) is 14.4 Å². The molecule has 1 aliphatic heterocycles. The predicted molar refractivity (Wildman–Crippen MR) is 124 cm³/mol. The van der Waals surface area contributed by atoms with E-state index in [2.05, 4.69) is 5.32 Å². The van der Waals surface area contributed by atoms with E-state index in [-0.39, 0.29) is 37.6 Å². The van der Waals surface area contributed by atoms with Crippen molar-refractivity contribution in [2.75, 3.05) is 31.5 Å². The van der Waals surface area contributed by atoms with Crippen molar-refractivity contribution in [3.05, 3.63) is 100 Å². The molecule has 4 rings (SSSR count). The van der Waals surface area contributed by atoms with Gasteiger partial charge in [0.05, 0.1) is 5.56 Å². The molecule has 0 aliphatic carbocycles. The number of carbonyl (C=O) groups is 3. The van der Waals surface area contributed by atoms with Crippen molar-refractivity contribution in [2.45, 2.75) is 6.92 Å². The summed E-state index contributed by atoms with van der Waals surface area (Å²) < 4.78 is 41.9. The molecule has 0 spiro atoms. The van der Waals surface area contributed by atoms with E-state index in [1.165, 1.54) is 40.1 Å². The Kier molecular flexibility index (Phi) is 6.86. The van der Waals surface area contributed by atoms with Crippen LogP contribution in [0.25, 0.3) is 0 Å². The van der Waals surface area contributed by atoms with Crippen LogP contribution in [0.15, 0.2) is 60.7 Å². The number of piperazine rings is 1. The number of hydrogen-bond acceptors (Lipinski definition) is 3. The molecule has 9 heteroatoms. The first-order valence-electron chi connectivity index (χ1n) is 11.0. The van der Waals surface area contributed by atoms with Crippen molar-refractivity contribution in [2.24, 2.45) is 0 Å². The Bertz CT molecular complexity index is 1280. The first-order chi connectivity index (χ1) is 16.8. The van der Waals surface area contributed by atoms with Crippen LogP contribution in [0.1, 0.15) is 36.6 Å². The highest BCUT2D eigenvalue weighted by atomic mass is 19.1. The van der Waals surface area contributed by atoms with Crippen LogP contribution in [-0.4, -0.2) is 53.7 Å². The van der Waals surface area contributed by atoms with Gasteiger partial charge in [0.1, 0.15) is 23.0 Å². The minimum atomic E-state index is -0.932. The highest BCUT2D eigenvalue weighted by Crippen LogP contribution is 2.21. The topological polar surface area (TPSA) is 69.7 Å². The van der Waals surface area contributed by atoms with Crippen molar-refractivity contribution in [1.29, 1.82) is 0 Å². The third kappa shape index (κ3) is 5.03. The Balaban J connectivity index is 1.44. The van der Waals surface area contributed by atoms with Crippen LogP contribution >= 0.6 is 0 Å². The lowest BCUT2D eigenvalue weighted by atomic mass is 10.1. The van der Waals surface area contributed by atoms with Gasteiger partial charge in [0, 0.05) is 37.4 Å². The quantitative estimate of drug-likeness (QED) is 0.606. The number of rotatable bonds is 4. The Morgan fingerprint density at radius 3 is 1.94 bits per heavy atom. The summed E-state index contributed by atoms with van der Waals surface area (Å²) in [6.07, 6.45) is 0. The molecule has 1 aliphatic rings. The molecule has 1 fully saturated rings. The van der Waals surface area contributed by atoms with Gasteiger partial charge in [-0.1, -0.05) is 24.3 Å². The van der Waals surface area contributed by atoms with Gasteiger partial charge in [0.2, 0.25) is 0 Å². The fourth-order valence-electron chi connectivity index (χ4n) is 3.88. The van der Waals surface area contributed by atoms with Crippen LogP contribution in [0, 0.1) is 24.4 Å². The molecule has 0 bridgehead atoms. The van der Waals surface area contributed by atoms with E-state index in [9.17, 15) is 27.6 Å². The van der Waals surface area contributed by atoms with Crippen LogP contribution in [-0.2, 0) is 0 Å². The number of halogens is 3. The van der Waals surface area contributed by atoms with Crippen molar-refractivity contribution < 1.29 is 27.6 Å². The average Bonchev–Trinajstić information content (AvgIpc) is 2.85. The van der Waals surface area contributed by atoms with E-state index in [0.717, 1.165) is 12.1 Å². The molecule has 35 heavy (non-hydrogen) atoms. The molecule has 0 radical (unpaired) electrons. The van der Waals surface area contributed by atoms with Gasteiger partial charge in [0.25, 0.3) is 17.7 Å². The standard InChI is InChI=1S/C26H22F3N3O3/c1-16-9-10-17(15-22(16)30-24(33)18-5-2-3-6-19(18)27)25(34)31-11-13-32(14-12-31)26(35)23-20(28)7-4-8-21(23)29/h2-10,15H,11-14H2,1H3,(H,30,33). The molecule has 3 aromatic carbocycles. The lowest BCUT2D eigenvalue weighted by Gasteiger charge is -2.35. The minimum Gasteiger partial charge on any atom is -0.335 e. The van der Waals surface area contributed by atoms with Crippen LogP contribution in [0.5, 0.6) is 0 Å². The summed E-state index contributed by atoms with van der Waals surface area (Å²) in [5.74, 6) is -4.24. The lowest BCUT2D eigenvalue weighted by Crippen LogP contribution is -2.50. The van der Waals surface area contributed by atoms with Gasteiger partial charge in [-0.15, -0.1) is 0 Å². The van der Waals surface area contributed by atoms with Crippen molar-refractivity contribution >= 4 is 23.4 Å². The molecule has 6 nitrogen and oxygen atoms in total. The zero-order chi connectivity index (χ0) is 25.1. The van der Waals surface area contributed by atoms with E-state index in [1.54, 1.807) is 25.1 Å². The van der Waals surface area contributed by atoms with E-state index in [0.29, 0.717) is 16.8 Å². The number of aryl methyl sites for hydroxylation is 1. The summed E-state index contributed by atoms with van der Waals surface area (Å²) in [4.78, 5) is 41.0. The maximum atomic E-state index is 14.0. The summed E-state index contributed by atoms with van der Waals surface area (Å²) in [6, 6.07) is 13.6. The van der Waals surface area contributed by atoms with Gasteiger partial charge in [-0.25, -0.2) is 13.2 Å². The van der Waals surface area contributed by atoms with E-state index >= 15 is 0 Å². The van der Waals surface area contributed by atoms with Gasteiger partial charge >= 0.3 is 0 Å². The van der Waals surface area contributed by atoms with Crippen LogP contribution in [0.3, 0.4) is 0 Å². The number of benzene rings is 3. The SMILES string of the molecule is Cc1ccc(C(=O)N2CCN(C(=O)c3c(F)cccc3F)CC2)cc1NC(=O)c1ccccc1F. The molecule has 1 saturated heterocycles. The van der Waals surface area contributed by atoms with Crippen molar-refractivity contribution in [3.63, 3.8) is 0 Å². The number of nitrogens with one attached hydrogen (secondary N) is 1. The zero-order valence-electron chi connectivity index (χ0n) is 18.9. The molecule has 0 saturated carbocycles. The Morgan fingerprint density at radius 1 is 0.743 bits per heavy atom. The first kappa shape index (κ1) is 24.0. The van der Waals surface area contributed by atoms with Crippen LogP contribution in [0.4, 0.5) is 18.9 Å². The van der Waals surface area contributed by atoms with Crippen LogP contribution in [0.2, 0.25) is 0 Å². The largest absolute Gasteiger partial charge is 0.335 e. The molecule has 0 atom stereocenters. The zero-order valence-corrected chi connectivity index (χ0v) is 18.9. The maximum absolute atomic E-state index is 14.0. The average molecular weight is 481 g/mol. The second-order valence-corrected chi connectivity index (χ2v) is 8.14. The molecule has 0 unspecified atom stereocenters. The molecule has 3 aromatic rings. The van der Waals surface area contributed by atoms with Gasteiger partial charge in [-0.2, -0.15) is 0 Å². The maximum Gasteiger partial charge on any atom is 0.259 e. The number of amides is 3. The Labute approximate surface area is 200 Å². The number of carbonyl (C=O) groups excluding carboxylic acids is 3. The molecule has 1 N–H and O–H groups in total. The molecule has 0 aromatic heterocycles. The van der Waals surface area contributed by atoms with E-state index in [4.69, 9.17) is 0 Å². The monoisotopic (exact) mass is 481 g/mol. The predicted octanol–water partition coefficient (Wildman–Crippen LogP) is 4.26. The summed E-state index contributed by atoms with van der Waals surface area (Å²) in [5, 5.41) is 2.64. The summed E-state index contributed by atoms with van der Waals surface area (Å²) in [6.45, 7) is 2.32. The molecule has 180 valence electrons. The third-order valence-corrected chi connectivity index (χ3v) is 5.88. The highest BCUT2D eigenvalue weighted by molar-refractivity contribution is 6.05. The second-order valence-electron chi connectivity index (χ2n) is 8.14. The third-order valence-electron chi connectivity index (χ3n) is 5.88. The summed E-state index contributed by atoms with van der Waals surface area (Å²) in [5.41, 5.74) is 0.637. The fraction of sp³-hybridized carbons (Fsp3) is 0.192. The molecular weight excluding hydrogens is 459 g/mol. The minimum absolute atomic E-state index is 0.112. The number of anilines is 1. The lowest BCUT2D eigenvalue weighted by molar-refractivity contribution is 0.0530. The van der Waals surface area contributed by atoms with Crippen molar-refractivity contribution in [3.8, 4) is 0 Å². The summed E-state index contributed by atoms with van der Waals surface area (Å²) >= 11 is 0. The normalized spacial score (nSPS) is 13.5. The van der Waals surface area contributed by atoms with E-state index < -0.39 is 34.8 Å². The van der Waals surface area contributed by atoms with Gasteiger partial charge < -0.3 is 15.1 Å². The first-order valence-corrected chi connectivity index (χ1v) is 11.0. The van der Waals surface area contributed by atoms with E-state index in [1.807, 2.05) is 0 Å². The van der Waals surface area contributed by atoms with Gasteiger partial charge in [0.15, 0.2) is 0 Å². The second kappa shape index (κ2) is 10.0. The molecule has 3 amide bonds. The Morgan fingerprint density at radius 2 is 1.31 bits per heavy atom. The van der Waals surface area contributed by atoms with Crippen LogP contribution < -0.4 is 5.32 Å². The summed E-state index contributed by atoms with van der Waals surface area (Å²) in [7, 11) is 0. The fourth-order valence-corrected chi connectivity index (χ4v) is 3.88. The molecule has 1 heterocycles. The number of hydrogen-bond donors (Lipinski definition) is 1. The number of nitrogens with zero attached hydrogens (tertiary/aromatic N) is 2. The smallest absolute Gasteiger partial charge is 0.259 e. The van der Waals surface area contributed by atoms with Crippen molar-refractivity contribution in [1.82, 2.24) is 9.80 Å². The van der Waals surface area contributed by atoms with Gasteiger partial charge in [-0.05, 0) is 48.9 Å². The molecular formula is C26H22F3N3O3.